The summed E-state index contributed by atoms with van der Waals surface area (Å²) < 4.78 is 2.94. The molecule has 0 bridgehead atoms. The van der Waals surface area contributed by atoms with Gasteiger partial charge in [0.2, 0.25) is 0 Å². The minimum absolute atomic E-state index is 0.602. The maximum atomic E-state index is 3.82. The van der Waals surface area contributed by atoms with Crippen LogP contribution in [0.2, 0.25) is 0 Å². The molecule has 2 aromatic rings. The molecule has 0 aliphatic heterocycles. The Hall–Kier alpha value is -0.380. The van der Waals surface area contributed by atoms with E-state index in [0.29, 0.717) is 6.04 Å². The monoisotopic (exact) mass is 293 g/mol. The molecule has 1 atom stereocenters. The zero-order valence-electron chi connectivity index (χ0n) is 11.7. The van der Waals surface area contributed by atoms with Crippen molar-refractivity contribution < 1.29 is 0 Å². The lowest BCUT2D eigenvalue weighted by Gasteiger charge is -2.30. The average molecular weight is 294 g/mol. The lowest BCUT2D eigenvalue weighted by Crippen LogP contribution is -2.29. The van der Waals surface area contributed by atoms with Crippen molar-refractivity contribution in [1.82, 2.24) is 5.32 Å². The van der Waals surface area contributed by atoms with Gasteiger partial charge in [0.15, 0.2) is 0 Å². The third-order valence-corrected chi connectivity index (χ3v) is 6.38. The van der Waals surface area contributed by atoms with Crippen molar-refractivity contribution in [1.29, 1.82) is 0 Å². The van der Waals surface area contributed by atoms with Crippen LogP contribution in [0.1, 0.15) is 56.4 Å². The summed E-state index contributed by atoms with van der Waals surface area (Å²) in [5.74, 6) is 0.855. The van der Waals surface area contributed by atoms with Gasteiger partial charge < -0.3 is 5.32 Å². The predicted molar refractivity (Wildman–Crippen MR) is 87.3 cm³/mol. The Morgan fingerprint density at radius 3 is 2.84 bits per heavy atom. The minimum atomic E-state index is 0.602. The Labute approximate surface area is 124 Å². The van der Waals surface area contributed by atoms with Crippen LogP contribution < -0.4 is 5.32 Å². The van der Waals surface area contributed by atoms with Crippen molar-refractivity contribution in [3.05, 3.63) is 22.4 Å². The van der Waals surface area contributed by atoms with Crippen LogP contribution in [0.5, 0.6) is 0 Å². The SMILES string of the molecule is CCCNC(c1cc2sccc2s1)C1CCCCC1. The van der Waals surface area contributed by atoms with E-state index in [0.717, 1.165) is 12.5 Å². The highest BCUT2D eigenvalue weighted by Gasteiger charge is 2.26. The highest BCUT2D eigenvalue weighted by atomic mass is 32.1. The van der Waals surface area contributed by atoms with Gasteiger partial charge in [0.1, 0.15) is 0 Å². The standard InChI is InChI=1S/C16H23NS2/c1-2-9-17-16(12-6-4-3-5-7-12)15-11-14-13(19-15)8-10-18-14/h8,10-12,16-17H,2-7,9H2,1H3. The Morgan fingerprint density at radius 1 is 1.26 bits per heavy atom. The molecule has 2 aromatic heterocycles. The maximum Gasteiger partial charge on any atom is 0.0454 e. The van der Waals surface area contributed by atoms with Gasteiger partial charge in [-0.15, -0.1) is 22.7 Å². The quantitative estimate of drug-likeness (QED) is 0.758. The first-order valence-corrected chi connectivity index (χ1v) is 9.28. The van der Waals surface area contributed by atoms with Crippen molar-refractivity contribution in [3.63, 3.8) is 0 Å². The van der Waals surface area contributed by atoms with E-state index in [-0.39, 0.29) is 0 Å². The van der Waals surface area contributed by atoms with Gasteiger partial charge in [-0.25, -0.2) is 0 Å². The van der Waals surface area contributed by atoms with Crippen LogP contribution >= 0.6 is 22.7 Å². The van der Waals surface area contributed by atoms with E-state index in [1.54, 1.807) is 4.88 Å². The van der Waals surface area contributed by atoms with E-state index in [1.807, 2.05) is 22.7 Å². The summed E-state index contributed by atoms with van der Waals surface area (Å²) in [5.41, 5.74) is 0. The fourth-order valence-corrected chi connectivity index (χ4v) is 5.49. The fraction of sp³-hybridized carbons (Fsp3) is 0.625. The Balaban J connectivity index is 1.82. The van der Waals surface area contributed by atoms with E-state index in [2.05, 4.69) is 29.8 Å². The van der Waals surface area contributed by atoms with Gasteiger partial charge in [0, 0.05) is 20.3 Å². The summed E-state index contributed by atoms with van der Waals surface area (Å²) in [6.45, 7) is 3.41. The van der Waals surface area contributed by atoms with Crippen molar-refractivity contribution in [2.75, 3.05) is 6.54 Å². The minimum Gasteiger partial charge on any atom is -0.309 e. The van der Waals surface area contributed by atoms with Gasteiger partial charge in [0.25, 0.3) is 0 Å². The molecule has 1 nitrogen and oxygen atoms in total. The lowest BCUT2D eigenvalue weighted by molar-refractivity contribution is 0.275. The van der Waals surface area contributed by atoms with Gasteiger partial charge >= 0.3 is 0 Å². The zero-order chi connectivity index (χ0) is 13.1. The summed E-state index contributed by atoms with van der Waals surface area (Å²) in [5, 5.41) is 6.03. The topological polar surface area (TPSA) is 12.0 Å². The van der Waals surface area contributed by atoms with Gasteiger partial charge in [-0.2, -0.15) is 0 Å². The van der Waals surface area contributed by atoms with Crippen LogP contribution in [0, 0.1) is 5.92 Å². The van der Waals surface area contributed by atoms with Crippen LogP contribution in [0.25, 0.3) is 9.40 Å². The van der Waals surface area contributed by atoms with Gasteiger partial charge in [-0.05, 0) is 49.2 Å². The maximum absolute atomic E-state index is 3.82. The van der Waals surface area contributed by atoms with Gasteiger partial charge in [-0.3, -0.25) is 0 Å². The van der Waals surface area contributed by atoms with Crippen molar-refractivity contribution in [2.24, 2.45) is 5.92 Å². The van der Waals surface area contributed by atoms with E-state index >= 15 is 0 Å². The molecule has 3 rings (SSSR count). The Kier molecular flexibility index (Phi) is 4.57. The number of hydrogen-bond donors (Lipinski definition) is 1. The van der Waals surface area contributed by atoms with Gasteiger partial charge in [0.05, 0.1) is 0 Å². The van der Waals surface area contributed by atoms with Crippen LogP contribution in [0.3, 0.4) is 0 Å². The number of fused-ring (bicyclic) bond motifs is 1. The molecule has 19 heavy (non-hydrogen) atoms. The molecule has 1 saturated carbocycles. The van der Waals surface area contributed by atoms with E-state index in [4.69, 9.17) is 0 Å². The molecular weight excluding hydrogens is 270 g/mol. The lowest BCUT2D eigenvalue weighted by atomic mass is 9.83. The third-order valence-electron chi connectivity index (χ3n) is 4.20. The molecule has 0 saturated heterocycles. The molecule has 0 amide bonds. The Bertz CT molecular complexity index is 479. The molecule has 0 radical (unpaired) electrons. The smallest absolute Gasteiger partial charge is 0.0454 e. The molecule has 1 aliphatic carbocycles. The summed E-state index contributed by atoms with van der Waals surface area (Å²) in [6, 6.07) is 5.31. The van der Waals surface area contributed by atoms with Crippen LogP contribution in [-0.4, -0.2) is 6.54 Å². The second kappa shape index (κ2) is 6.38. The first-order valence-electron chi connectivity index (χ1n) is 7.59. The number of nitrogens with one attached hydrogen (secondary N) is 1. The van der Waals surface area contributed by atoms with Crippen LogP contribution in [0.4, 0.5) is 0 Å². The predicted octanol–water partition coefficient (Wildman–Crippen LogP) is 5.58. The number of thiophene rings is 2. The summed E-state index contributed by atoms with van der Waals surface area (Å²) in [7, 11) is 0. The largest absolute Gasteiger partial charge is 0.309 e. The van der Waals surface area contributed by atoms with Crippen LogP contribution in [-0.2, 0) is 0 Å². The molecule has 2 heterocycles. The molecule has 0 aromatic carbocycles. The van der Waals surface area contributed by atoms with Crippen molar-refractivity contribution >= 4 is 32.1 Å². The van der Waals surface area contributed by atoms with Crippen molar-refractivity contribution in [2.45, 2.75) is 51.5 Å². The summed E-state index contributed by atoms with van der Waals surface area (Å²) >= 11 is 3.88. The molecule has 104 valence electrons. The molecule has 0 spiro atoms. The molecule has 1 aliphatic rings. The zero-order valence-corrected chi connectivity index (χ0v) is 13.3. The third kappa shape index (κ3) is 3.04. The normalized spacial score (nSPS) is 19.0. The van der Waals surface area contributed by atoms with Crippen molar-refractivity contribution in [3.8, 4) is 0 Å². The summed E-state index contributed by atoms with van der Waals surface area (Å²) in [4.78, 5) is 1.57. The fourth-order valence-electron chi connectivity index (χ4n) is 3.20. The Morgan fingerprint density at radius 2 is 2.11 bits per heavy atom. The second-order valence-electron chi connectivity index (χ2n) is 5.63. The molecule has 1 unspecified atom stereocenters. The van der Waals surface area contributed by atoms with Crippen LogP contribution in [0.15, 0.2) is 17.5 Å². The molecule has 1 N–H and O–H groups in total. The number of hydrogen-bond acceptors (Lipinski definition) is 3. The molecule has 3 heteroatoms. The average Bonchev–Trinajstić information content (AvgIpc) is 3.02. The van der Waals surface area contributed by atoms with E-state index in [1.165, 1.54) is 47.9 Å². The molecule has 1 fully saturated rings. The van der Waals surface area contributed by atoms with Gasteiger partial charge in [-0.1, -0.05) is 26.2 Å². The number of rotatable bonds is 5. The molecular formula is C16H23NS2. The second-order valence-corrected chi connectivity index (χ2v) is 7.69. The highest BCUT2D eigenvalue weighted by Crippen LogP contribution is 2.40. The van der Waals surface area contributed by atoms with E-state index in [9.17, 15) is 0 Å². The highest BCUT2D eigenvalue weighted by molar-refractivity contribution is 7.26. The first kappa shape index (κ1) is 13.6. The van der Waals surface area contributed by atoms with E-state index < -0.39 is 0 Å². The first-order chi connectivity index (χ1) is 9.38. The summed E-state index contributed by atoms with van der Waals surface area (Å²) in [6.07, 6.45) is 8.34.